The maximum absolute atomic E-state index is 11.8. The molecule has 0 atom stereocenters. The van der Waals surface area contributed by atoms with E-state index in [2.05, 4.69) is 10.1 Å². The van der Waals surface area contributed by atoms with Gasteiger partial charge in [-0.15, -0.1) is 0 Å². The highest BCUT2D eigenvalue weighted by molar-refractivity contribution is 6.30. The Labute approximate surface area is 121 Å². The van der Waals surface area contributed by atoms with Crippen LogP contribution in [0.4, 0.5) is 0 Å². The van der Waals surface area contributed by atoms with Crippen LogP contribution in [0, 0.1) is 0 Å². The van der Waals surface area contributed by atoms with E-state index in [0.717, 1.165) is 0 Å². The Balaban J connectivity index is 2.11. The van der Waals surface area contributed by atoms with Gasteiger partial charge < -0.3 is 9.47 Å². The van der Waals surface area contributed by atoms with Crippen molar-refractivity contribution >= 4 is 17.6 Å². The average Bonchev–Trinajstić information content (AvgIpc) is 2.80. The molecule has 20 heavy (non-hydrogen) atoms. The van der Waals surface area contributed by atoms with Gasteiger partial charge in [0.05, 0.1) is 23.5 Å². The van der Waals surface area contributed by atoms with Crippen LogP contribution < -0.4 is 4.74 Å². The van der Waals surface area contributed by atoms with Gasteiger partial charge in [-0.1, -0.05) is 11.6 Å². The predicted molar refractivity (Wildman–Crippen MR) is 72.7 cm³/mol. The van der Waals surface area contributed by atoms with Crippen LogP contribution in [0.3, 0.4) is 0 Å². The van der Waals surface area contributed by atoms with E-state index in [1.807, 2.05) is 0 Å². The van der Waals surface area contributed by atoms with Crippen molar-refractivity contribution in [2.24, 2.45) is 7.05 Å². The molecule has 0 N–H and O–H groups in total. The summed E-state index contributed by atoms with van der Waals surface area (Å²) < 4.78 is 12.1. The van der Waals surface area contributed by atoms with Gasteiger partial charge in [0.15, 0.2) is 0 Å². The minimum absolute atomic E-state index is 0.166. The SMILES string of the molecule is CCOC(=O)c1cnn(C)c1COc1ccc(Cl)cn1. The molecule has 2 aromatic rings. The fourth-order valence-corrected chi connectivity index (χ4v) is 1.72. The fourth-order valence-electron chi connectivity index (χ4n) is 1.60. The first-order valence-electron chi connectivity index (χ1n) is 6.04. The highest BCUT2D eigenvalue weighted by Gasteiger charge is 2.17. The van der Waals surface area contributed by atoms with E-state index in [4.69, 9.17) is 21.1 Å². The molecular weight excluding hydrogens is 282 g/mol. The molecule has 0 aliphatic rings. The minimum atomic E-state index is -0.414. The Morgan fingerprint density at radius 1 is 1.40 bits per heavy atom. The second-order valence-corrected chi connectivity index (χ2v) is 4.39. The Kier molecular flexibility index (Phi) is 4.57. The van der Waals surface area contributed by atoms with Crippen LogP contribution in [0.25, 0.3) is 0 Å². The largest absolute Gasteiger partial charge is 0.471 e. The Hall–Kier alpha value is -2.08. The van der Waals surface area contributed by atoms with Crippen molar-refractivity contribution < 1.29 is 14.3 Å². The molecule has 0 fully saturated rings. The number of carbonyl (C=O) groups is 1. The molecule has 106 valence electrons. The van der Waals surface area contributed by atoms with Crippen molar-refractivity contribution in [1.29, 1.82) is 0 Å². The third-order valence-corrected chi connectivity index (χ3v) is 2.84. The number of hydrogen-bond donors (Lipinski definition) is 0. The zero-order valence-corrected chi connectivity index (χ0v) is 11.9. The van der Waals surface area contributed by atoms with Crippen molar-refractivity contribution in [2.75, 3.05) is 6.61 Å². The fraction of sp³-hybridized carbons (Fsp3) is 0.308. The van der Waals surface area contributed by atoms with Gasteiger partial charge in [0.2, 0.25) is 5.88 Å². The molecule has 0 spiro atoms. The summed E-state index contributed by atoms with van der Waals surface area (Å²) in [4.78, 5) is 15.8. The molecule has 6 nitrogen and oxygen atoms in total. The lowest BCUT2D eigenvalue weighted by molar-refractivity contribution is 0.0523. The summed E-state index contributed by atoms with van der Waals surface area (Å²) in [5.41, 5.74) is 1.02. The van der Waals surface area contributed by atoms with Crippen LogP contribution in [-0.4, -0.2) is 27.3 Å². The normalized spacial score (nSPS) is 10.3. The third-order valence-electron chi connectivity index (χ3n) is 2.61. The first-order valence-corrected chi connectivity index (χ1v) is 6.42. The summed E-state index contributed by atoms with van der Waals surface area (Å²) in [6.45, 7) is 2.23. The van der Waals surface area contributed by atoms with Gasteiger partial charge in [-0.25, -0.2) is 9.78 Å². The number of nitrogens with zero attached hydrogens (tertiary/aromatic N) is 3. The molecule has 2 rings (SSSR count). The maximum Gasteiger partial charge on any atom is 0.341 e. The molecule has 2 heterocycles. The molecule has 7 heteroatoms. The van der Waals surface area contributed by atoms with Crippen LogP contribution >= 0.6 is 11.6 Å². The summed E-state index contributed by atoms with van der Waals surface area (Å²) in [6.07, 6.45) is 2.96. The van der Waals surface area contributed by atoms with E-state index in [-0.39, 0.29) is 6.61 Å². The van der Waals surface area contributed by atoms with E-state index in [9.17, 15) is 4.79 Å². The lowest BCUT2D eigenvalue weighted by atomic mass is 10.2. The molecule has 0 saturated heterocycles. The Bertz CT molecular complexity index is 595. The van der Waals surface area contributed by atoms with Gasteiger partial charge in [0, 0.05) is 19.3 Å². The molecule has 0 aliphatic carbocycles. The number of halogens is 1. The van der Waals surface area contributed by atoms with E-state index >= 15 is 0 Å². The standard InChI is InChI=1S/C13H14ClN3O3/c1-3-19-13(18)10-7-16-17(2)11(10)8-20-12-5-4-9(14)6-15-12/h4-7H,3,8H2,1-2H3. The molecule has 2 aromatic heterocycles. The zero-order chi connectivity index (χ0) is 14.5. The van der Waals surface area contributed by atoms with E-state index in [1.165, 1.54) is 12.4 Å². The quantitative estimate of drug-likeness (QED) is 0.791. The zero-order valence-electron chi connectivity index (χ0n) is 11.2. The first-order chi connectivity index (χ1) is 9.61. The second-order valence-electron chi connectivity index (χ2n) is 3.95. The average molecular weight is 296 g/mol. The van der Waals surface area contributed by atoms with Crippen molar-refractivity contribution in [3.8, 4) is 5.88 Å². The molecule has 0 unspecified atom stereocenters. The van der Waals surface area contributed by atoms with Crippen molar-refractivity contribution in [1.82, 2.24) is 14.8 Å². The summed E-state index contributed by atoms with van der Waals surface area (Å²) in [5, 5.41) is 4.57. The topological polar surface area (TPSA) is 66.2 Å². The second kappa shape index (κ2) is 6.38. The van der Waals surface area contributed by atoms with Crippen LogP contribution in [0.15, 0.2) is 24.5 Å². The van der Waals surface area contributed by atoms with Gasteiger partial charge in [-0.2, -0.15) is 5.10 Å². The number of ether oxygens (including phenoxy) is 2. The predicted octanol–water partition coefficient (Wildman–Crippen LogP) is 2.22. The summed E-state index contributed by atoms with van der Waals surface area (Å²) in [7, 11) is 1.73. The summed E-state index contributed by atoms with van der Waals surface area (Å²) in [6, 6.07) is 3.34. The van der Waals surface area contributed by atoms with Gasteiger partial charge >= 0.3 is 5.97 Å². The lowest BCUT2D eigenvalue weighted by Crippen LogP contribution is -2.11. The number of aryl methyl sites for hydroxylation is 1. The molecule has 0 aromatic carbocycles. The molecule has 0 bridgehead atoms. The molecule has 0 aliphatic heterocycles. The Morgan fingerprint density at radius 2 is 2.20 bits per heavy atom. The van der Waals surface area contributed by atoms with Crippen molar-refractivity contribution in [3.05, 3.63) is 40.8 Å². The van der Waals surface area contributed by atoms with Gasteiger partial charge in [-0.3, -0.25) is 4.68 Å². The Morgan fingerprint density at radius 3 is 2.85 bits per heavy atom. The number of carbonyl (C=O) groups excluding carboxylic acids is 1. The smallest absolute Gasteiger partial charge is 0.341 e. The highest BCUT2D eigenvalue weighted by atomic mass is 35.5. The van der Waals surface area contributed by atoms with Crippen molar-refractivity contribution in [3.63, 3.8) is 0 Å². The van der Waals surface area contributed by atoms with E-state index in [0.29, 0.717) is 28.8 Å². The highest BCUT2D eigenvalue weighted by Crippen LogP contribution is 2.15. The monoisotopic (exact) mass is 295 g/mol. The number of rotatable bonds is 5. The lowest BCUT2D eigenvalue weighted by Gasteiger charge is -2.08. The van der Waals surface area contributed by atoms with Gasteiger partial charge in [0.1, 0.15) is 12.2 Å². The van der Waals surface area contributed by atoms with Crippen LogP contribution in [0.1, 0.15) is 23.0 Å². The van der Waals surface area contributed by atoms with E-state index in [1.54, 1.807) is 30.8 Å². The minimum Gasteiger partial charge on any atom is -0.471 e. The first kappa shape index (κ1) is 14.3. The summed E-state index contributed by atoms with van der Waals surface area (Å²) in [5.74, 6) is 0.00803. The number of aromatic nitrogens is 3. The van der Waals surface area contributed by atoms with Gasteiger partial charge in [0.25, 0.3) is 0 Å². The molecular formula is C13H14ClN3O3. The molecule has 0 saturated carbocycles. The van der Waals surface area contributed by atoms with Gasteiger partial charge in [-0.05, 0) is 13.0 Å². The van der Waals surface area contributed by atoms with Crippen LogP contribution in [0.5, 0.6) is 5.88 Å². The van der Waals surface area contributed by atoms with E-state index < -0.39 is 5.97 Å². The third kappa shape index (κ3) is 3.27. The number of esters is 1. The number of hydrogen-bond acceptors (Lipinski definition) is 5. The summed E-state index contributed by atoms with van der Waals surface area (Å²) >= 11 is 5.74. The number of pyridine rings is 1. The van der Waals surface area contributed by atoms with Crippen LogP contribution in [0.2, 0.25) is 5.02 Å². The van der Waals surface area contributed by atoms with Crippen LogP contribution in [-0.2, 0) is 18.4 Å². The van der Waals surface area contributed by atoms with Crippen molar-refractivity contribution in [2.45, 2.75) is 13.5 Å². The maximum atomic E-state index is 11.8. The molecule has 0 radical (unpaired) electrons. The molecule has 0 amide bonds.